The number of amides is 1. The van der Waals surface area contributed by atoms with Gasteiger partial charge in [0.2, 0.25) is 0 Å². The van der Waals surface area contributed by atoms with Crippen molar-refractivity contribution < 1.29 is 14.5 Å². The van der Waals surface area contributed by atoms with Crippen LogP contribution in [-0.2, 0) is 11.4 Å². The number of rotatable bonds is 7. The Morgan fingerprint density at radius 1 is 1.19 bits per heavy atom. The third-order valence-corrected chi connectivity index (χ3v) is 5.27. The van der Waals surface area contributed by atoms with Gasteiger partial charge in [-0.2, -0.15) is 5.26 Å². The summed E-state index contributed by atoms with van der Waals surface area (Å²) in [4.78, 5) is 22.8. The number of anilines is 1. The van der Waals surface area contributed by atoms with Gasteiger partial charge in [0, 0.05) is 17.8 Å². The molecular weight excluding hydrogens is 521 g/mol. The molecule has 0 aromatic heterocycles. The zero-order valence-corrected chi connectivity index (χ0v) is 19.2. The predicted octanol–water partition coefficient (Wildman–Crippen LogP) is 5.63. The first kappa shape index (κ1) is 23.0. The van der Waals surface area contributed by atoms with Gasteiger partial charge in [-0.1, -0.05) is 42.0 Å². The zero-order chi connectivity index (χ0) is 23.1. The summed E-state index contributed by atoms with van der Waals surface area (Å²) in [6.07, 6.45) is 1.46. The van der Waals surface area contributed by atoms with Crippen molar-refractivity contribution in [3.05, 3.63) is 103 Å². The summed E-state index contributed by atoms with van der Waals surface area (Å²) in [6.45, 7) is 2.46. The number of nitro groups is 1. The Bertz CT molecular complexity index is 1250. The molecule has 7 nitrogen and oxygen atoms in total. The Labute approximate surface area is 198 Å². The van der Waals surface area contributed by atoms with Crippen LogP contribution >= 0.6 is 22.6 Å². The molecule has 0 aliphatic heterocycles. The molecule has 0 saturated carbocycles. The molecule has 0 radical (unpaired) electrons. The quantitative estimate of drug-likeness (QED) is 0.138. The van der Waals surface area contributed by atoms with Crippen LogP contribution in [0.3, 0.4) is 0 Å². The molecule has 0 bridgehead atoms. The molecule has 0 saturated heterocycles. The van der Waals surface area contributed by atoms with E-state index in [4.69, 9.17) is 4.74 Å². The van der Waals surface area contributed by atoms with Gasteiger partial charge in [0.15, 0.2) is 0 Å². The van der Waals surface area contributed by atoms with Crippen LogP contribution in [0, 0.1) is 31.9 Å². The van der Waals surface area contributed by atoms with Crippen molar-refractivity contribution in [3.63, 3.8) is 0 Å². The summed E-state index contributed by atoms with van der Waals surface area (Å²) in [5, 5.41) is 22.8. The molecule has 3 aromatic carbocycles. The molecular formula is C24H18IN3O4. The molecule has 0 aliphatic rings. The largest absolute Gasteiger partial charge is 0.488 e. The first-order valence-corrected chi connectivity index (χ1v) is 10.6. The number of aryl methyl sites for hydroxylation is 1. The summed E-state index contributed by atoms with van der Waals surface area (Å²) < 4.78 is 6.73. The third kappa shape index (κ3) is 6.15. The average molecular weight is 539 g/mol. The number of carbonyl (C=O) groups is 1. The van der Waals surface area contributed by atoms with E-state index in [-0.39, 0.29) is 16.9 Å². The van der Waals surface area contributed by atoms with Crippen molar-refractivity contribution in [1.29, 1.82) is 5.26 Å². The molecule has 1 amide bonds. The van der Waals surface area contributed by atoms with E-state index in [2.05, 4.69) is 34.0 Å². The fourth-order valence-electron chi connectivity index (χ4n) is 2.90. The minimum absolute atomic E-state index is 0.124. The molecule has 0 unspecified atom stereocenters. The van der Waals surface area contributed by atoms with Gasteiger partial charge in [-0.15, -0.1) is 0 Å². The Hall–Kier alpha value is -3.71. The molecule has 3 rings (SSSR count). The Kier molecular flexibility index (Phi) is 7.57. The maximum Gasteiger partial charge on any atom is 0.271 e. The molecule has 0 atom stereocenters. The molecule has 0 spiro atoms. The fraction of sp³-hybridized carbons (Fsp3) is 0.0833. The average Bonchev–Trinajstić information content (AvgIpc) is 2.77. The van der Waals surface area contributed by atoms with Crippen LogP contribution in [0.2, 0.25) is 0 Å². The van der Waals surface area contributed by atoms with Gasteiger partial charge >= 0.3 is 0 Å². The highest BCUT2D eigenvalue weighted by Crippen LogP contribution is 2.25. The normalized spacial score (nSPS) is 10.8. The van der Waals surface area contributed by atoms with E-state index in [9.17, 15) is 20.2 Å². The van der Waals surface area contributed by atoms with Gasteiger partial charge in [-0.3, -0.25) is 14.9 Å². The number of nitriles is 1. The lowest BCUT2D eigenvalue weighted by atomic mass is 10.1. The van der Waals surface area contributed by atoms with E-state index >= 15 is 0 Å². The van der Waals surface area contributed by atoms with Crippen molar-refractivity contribution in [2.75, 3.05) is 5.32 Å². The maximum absolute atomic E-state index is 12.5. The van der Waals surface area contributed by atoms with Gasteiger partial charge in [-0.25, -0.2) is 0 Å². The molecule has 32 heavy (non-hydrogen) atoms. The van der Waals surface area contributed by atoms with Crippen LogP contribution in [0.4, 0.5) is 11.4 Å². The van der Waals surface area contributed by atoms with E-state index in [0.29, 0.717) is 17.9 Å². The van der Waals surface area contributed by atoms with Crippen LogP contribution in [0.1, 0.15) is 16.7 Å². The number of hydrogen-bond donors (Lipinski definition) is 1. The van der Waals surface area contributed by atoms with E-state index in [1.165, 1.54) is 30.3 Å². The Morgan fingerprint density at radius 3 is 2.66 bits per heavy atom. The van der Waals surface area contributed by atoms with Gasteiger partial charge < -0.3 is 10.1 Å². The highest BCUT2D eigenvalue weighted by Gasteiger charge is 2.13. The number of benzene rings is 3. The van der Waals surface area contributed by atoms with Crippen LogP contribution in [-0.4, -0.2) is 10.8 Å². The van der Waals surface area contributed by atoms with Gasteiger partial charge in [0.25, 0.3) is 11.6 Å². The molecule has 160 valence electrons. The number of ether oxygens (including phenoxy) is 1. The highest BCUT2D eigenvalue weighted by molar-refractivity contribution is 14.1. The topological polar surface area (TPSA) is 105 Å². The zero-order valence-electron chi connectivity index (χ0n) is 17.0. The molecule has 0 heterocycles. The number of halogens is 1. The third-order valence-electron chi connectivity index (χ3n) is 4.42. The van der Waals surface area contributed by atoms with E-state index in [1.807, 2.05) is 37.3 Å². The van der Waals surface area contributed by atoms with Crippen LogP contribution in [0.5, 0.6) is 5.75 Å². The van der Waals surface area contributed by atoms with E-state index in [1.54, 1.807) is 12.1 Å². The van der Waals surface area contributed by atoms with Crippen LogP contribution < -0.4 is 10.1 Å². The van der Waals surface area contributed by atoms with E-state index < -0.39 is 10.8 Å². The van der Waals surface area contributed by atoms with Crippen LogP contribution in [0.25, 0.3) is 6.08 Å². The number of non-ortho nitro benzene ring substituents is 1. The molecule has 0 fully saturated rings. The van der Waals surface area contributed by atoms with Gasteiger partial charge in [-0.05, 0) is 64.9 Å². The van der Waals surface area contributed by atoms with Crippen molar-refractivity contribution in [2.24, 2.45) is 0 Å². The first-order chi connectivity index (χ1) is 15.4. The molecule has 1 N–H and O–H groups in total. The lowest BCUT2D eigenvalue weighted by molar-refractivity contribution is -0.384. The maximum atomic E-state index is 12.5. The smallest absolute Gasteiger partial charge is 0.271 e. The van der Waals surface area contributed by atoms with E-state index in [0.717, 1.165) is 14.7 Å². The summed E-state index contributed by atoms with van der Waals surface area (Å²) in [7, 11) is 0. The number of carbonyl (C=O) groups excluding carboxylic acids is 1. The molecule has 0 aliphatic carbocycles. The number of nitrogens with zero attached hydrogens (tertiary/aromatic N) is 2. The van der Waals surface area contributed by atoms with Crippen molar-refractivity contribution >= 4 is 45.9 Å². The number of nitro benzene ring substituents is 1. The first-order valence-electron chi connectivity index (χ1n) is 9.51. The lowest BCUT2D eigenvalue weighted by Gasteiger charge is -2.10. The predicted molar refractivity (Wildman–Crippen MR) is 130 cm³/mol. The number of hydrogen-bond acceptors (Lipinski definition) is 5. The second-order valence-electron chi connectivity index (χ2n) is 6.90. The lowest BCUT2D eigenvalue weighted by Crippen LogP contribution is -2.13. The minimum atomic E-state index is -0.650. The van der Waals surface area contributed by atoms with Gasteiger partial charge in [0.1, 0.15) is 24.0 Å². The second-order valence-corrected chi connectivity index (χ2v) is 8.06. The Morgan fingerprint density at radius 2 is 1.97 bits per heavy atom. The summed E-state index contributed by atoms with van der Waals surface area (Å²) in [5.74, 6) is 0.0478. The standard InChI is InChI=1S/C24H18IN3O4/c1-16-4-2-5-18(10-16)15-32-23-9-8-17(12-22(23)25)11-19(14-26)24(29)27-20-6-3-7-21(13-20)28(30)31/h2-13H,15H2,1H3,(H,27,29)/b19-11+. The molecule has 8 heteroatoms. The Balaban J connectivity index is 1.72. The van der Waals surface area contributed by atoms with Crippen LogP contribution in [0.15, 0.2) is 72.3 Å². The summed E-state index contributed by atoms with van der Waals surface area (Å²) in [6, 6.07) is 20.8. The summed E-state index contributed by atoms with van der Waals surface area (Å²) >= 11 is 2.14. The van der Waals surface area contributed by atoms with Gasteiger partial charge in [0.05, 0.1) is 8.49 Å². The monoisotopic (exact) mass is 539 g/mol. The highest BCUT2D eigenvalue weighted by atomic mass is 127. The molecule has 3 aromatic rings. The number of nitrogens with one attached hydrogen (secondary N) is 1. The van der Waals surface area contributed by atoms with Crippen molar-refractivity contribution in [1.82, 2.24) is 0 Å². The fourth-order valence-corrected chi connectivity index (χ4v) is 3.59. The van der Waals surface area contributed by atoms with Crippen molar-refractivity contribution in [2.45, 2.75) is 13.5 Å². The van der Waals surface area contributed by atoms with Crippen molar-refractivity contribution in [3.8, 4) is 11.8 Å². The second kappa shape index (κ2) is 10.5. The minimum Gasteiger partial charge on any atom is -0.488 e. The summed E-state index contributed by atoms with van der Waals surface area (Å²) in [5.41, 5.74) is 2.84. The SMILES string of the molecule is Cc1cccc(COc2ccc(/C=C(\C#N)C(=O)Nc3cccc([N+](=O)[O-])c3)cc2I)c1.